The first-order valence-electron chi connectivity index (χ1n) is 11.5. The number of hydrogen-bond donors (Lipinski definition) is 2. The molecule has 1 aliphatic rings. The van der Waals surface area contributed by atoms with E-state index in [1.807, 2.05) is 13.8 Å². The monoisotopic (exact) mass is 511 g/mol. The predicted molar refractivity (Wildman–Crippen MR) is 131 cm³/mol. The van der Waals surface area contributed by atoms with Crippen LogP contribution < -0.4 is 5.32 Å². The number of carbonyl (C=O) groups is 2. The lowest BCUT2D eigenvalue weighted by atomic mass is 9.82. The van der Waals surface area contributed by atoms with Gasteiger partial charge in [-0.2, -0.15) is 0 Å². The van der Waals surface area contributed by atoms with E-state index in [-0.39, 0.29) is 37.5 Å². The minimum atomic E-state index is -2.80. The summed E-state index contributed by atoms with van der Waals surface area (Å²) in [5, 5.41) is 13.0. The molecular weight excluding hydrogens is 483 g/mol. The highest BCUT2D eigenvalue weighted by atomic mass is 35.5. The molecule has 1 saturated carbocycles. The van der Waals surface area contributed by atoms with Crippen molar-refractivity contribution in [3.63, 3.8) is 0 Å². The van der Waals surface area contributed by atoms with Gasteiger partial charge in [0.1, 0.15) is 0 Å². The number of carbonyl (C=O) groups excluding carboxylic acids is 1. The molecule has 2 aromatic rings. The molecule has 8 heteroatoms. The molecule has 4 atom stereocenters. The topological polar surface area (TPSA) is 66.4 Å². The van der Waals surface area contributed by atoms with E-state index in [0.717, 1.165) is 12.0 Å². The van der Waals surface area contributed by atoms with Crippen molar-refractivity contribution < 1.29 is 23.5 Å². The van der Waals surface area contributed by atoms with Crippen molar-refractivity contribution in [3.8, 4) is 0 Å². The first-order valence-corrected chi connectivity index (χ1v) is 12.2. The van der Waals surface area contributed by atoms with E-state index in [1.54, 1.807) is 42.5 Å². The van der Waals surface area contributed by atoms with Gasteiger partial charge < -0.3 is 10.4 Å². The second-order valence-electron chi connectivity index (χ2n) is 9.21. The third-order valence-corrected chi connectivity index (χ3v) is 7.41. The molecule has 3 rings (SSSR count). The number of hydrogen-bond acceptors (Lipinski definition) is 2. The van der Waals surface area contributed by atoms with Crippen molar-refractivity contribution in [3.05, 3.63) is 63.6 Å². The number of aliphatic carboxylic acids is 1. The lowest BCUT2D eigenvalue weighted by Crippen LogP contribution is -2.27. The van der Waals surface area contributed by atoms with Crippen molar-refractivity contribution in [1.29, 1.82) is 0 Å². The van der Waals surface area contributed by atoms with Gasteiger partial charge in [0, 0.05) is 17.9 Å². The molecule has 0 bridgehead atoms. The number of rotatable bonds is 9. The fourth-order valence-corrected chi connectivity index (χ4v) is 5.07. The van der Waals surface area contributed by atoms with E-state index in [4.69, 9.17) is 23.2 Å². The van der Waals surface area contributed by atoms with Crippen molar-refractivity contribution in [2.24, 2.45) is 11.8 Å². The number of nitrogens with one attached hydrogen (secondary N) is 1. The Kier molecular flexibility index (Phi) is 8.58. The summed E-state index contributed by atoms with van der Waals surface area (Å²) in [6.45, 7) is 3.98. The number of amides is 1. The third kappa shape index (κ3) is 6.48. The standard InChI is InChI=1S/C26H29Cl2F2NO3/c1-3-15(2)20(13-23(32)33)17-6-9-21(28)22(12-17)31-25(34)24(16-4-7-19(27)8-5-16)18-10-11-26(29,30)14-18/h4-9,12,15,18,20,24H,3,10-11,13-14H2,1-2H3,(H,31,34)(H,32,33). The Morgan fingerprint density at radius 2 is 1.79 bits per heavy atom. The van der Waals surface area contributed by atoms with Gasteiger partial charge in [0.25, 0.3) is 0 Å². The van der Waals surface area contributed by atoms with Crippen LogP contribution in [0.4, 0.5) is 14.5 Å². The zero-order chi connectivity index (χ0) is 25.0. The van der Waals surface area contributed by atoms with E-state index in [1.165, 1.54) is 0 Å². The second-order valence-corrected chi connectivity index (χ2v) is 10.1. The molecule has 0 spiro atoms. The molecule has 0 radical (unpaired) electrons. The zero-order valence-corrected chi connectivity index (χ0v) is 20.7. The molecule has 4 nitrogen and oxygen atoms in total. The molecule has 0 saturated heterocycles. The first kappa shape index (κ1) is 26.4. The maximum Gasteiger partial charge on any atom is 0.303 e. The van der Waals surface area contributed by atoms with Crippen LogP contribution in [0, 0.1) is 11.8 Å². The van der Waals surface area contributed by atoms with Gasteiger partial charge in [-0.1, -0.05) is 61.7 Å². The molecular formula is C26H29Cl2F2NO3. The third-order valence-electron chi connectivity index (χ3n) is 6.83. The Morgan fingerprint density at radius 1 is 1.15 bits per heavy atom. The zero-order valence-electron chi connectivity index (χ0n) is 19.2. The van der Waals surface area contributed by atoms with E-state index in [9.17, 15) is 23.5 Å². The van der Waals surface area contributed by atoms with Crippen molar-refractivity contribution in [2.75, 3.05) is 5.32 Å². The minimum Gasteiger partial charge on any atom is -0.481 e. The van der Waals surface area contributed by atoms with Gasteiger partial charge in [-0.25, -0.2) is 8.78 Å². The summed E-state index contributed by atoms with van der Waals surface area (Å²) in [7, 11) is 0. The molecule has 0 aliphatic heterocycles. The highest BCUT2D eigenvalue weighted by Gasteiger charge is 2.45. The van der Waals surface area contributed by atoms with Gasteiger partial charge >= 0.3 is 5.97 Å². The summed E-state index contributed by atoms with van der Waals surface area (Å²) in [5.74, 6) is -5.61. The van der Waals surface area contributed by atoms with Crippen LogP contribution in [0.15, 0.2) is 42.5 Å². The summed E-state index contributed by atoms with van der Waals surface area (Å²) >= 11 is 12.4. The van der Waals surface area contributed by atoms with E-state index in [0.29, 0.717) is 21.3 Å². The number of halogens is 4. The fraction of sp³-hybridized carbons (Fsp3) is 0.462. The minimum absolute atomic E-state index is 0.0470. The second kappa shape index (κ2) is 11.0. The number of alkyl halides is 2. The van der Waals surface area contributed by atoms with Crippen molar-refractivity contribution >= 4 is 40.8 Å². The van der Waals surface area contributed by atoms with Crippen LogP contribution in [-0.2, 0) is 9.59 Å². The Balaban J connectivity index is 1.92. The summed E-state index contributed by atoms with van der Waals surface area (Å²) in [6, 6.07) is 11.7. The predicted octanol–water partition coefficient (Wildman–Crippen LogP) is 7.76. The van der Waals surface area contributed by atoms with Crippen molar-refractivity contribution in [1.82, 2.24) is 0 Å². The molecule has 4 unspecified atom stereocenters. The van der Waals surface area contributed by atoms with Gasteiger partial charge in [-0.05, 0) is 59.6 Å². The summed E-state index contributed by atoms with van der Waals surface area (Å²) < 4.78 is 28.0. The molecule has 34 heavy (non-hydrogen) atoms. The normalized spacial score (nSPS) is 19.9. The SMILES string of the molecule is CCC(C)C(CC(=O)O)c1ccc(Cl)c(NC(=O)C(c2ccc(Cl)cc2)C2CCC(F)(F)C2)c1. The Bertz CT molecular complexity index is 1030. The highest BCUT2D eigenvalue weighted by molar-refractivity contribution is 6.33. The maximum absolute atomic E-state index is 14.0. The molecule has 1 aliphatic carbocycles. The highest BCUT2D eigenvalue weighted by Crippen LogP contribution is 2.46. The van der Waals surface area contributed by atoms with E-state index < -0.39 is 29.6 Å². The van der Waals surface area contributed by atoms with Crippen LogP contribution in [0.3, 0.4) is 0 Å². The summed E-state index contributed by atoms with van der Waals surface area (Å²) in [4.78, 5) is 24.9. The fourth-order valence-electron chi connectivity index (χ4n) is 4.78. The first-order chi connectivity index (χ1) is 16.0. The van der Waals surface area contributed by atoms with Gasteiger partial charge in [-0.3, -0.25) is 9.59 Å². The Morgan fingerprint density at radius 3 is 2.35 bits per heavy atom. The molecule has 0 heterocycles. The van der Waals surface area contributed by atoms with Crippen LogP contribution in [0.5, 0.6) is 0 Å². The molecule has 184 valence electrons. The Labute approximate surface area is 208 Å². The smallest absolute Gasteiger partial charge is 0.303 e. The summed E-state index contributed by atoms with van der Waals surface area (Å²) in [6.07, 6.45) is 0.356. The van der Waals surface area contributed by atoms with E-state index >= 15 is 0 Å². The van der Waals surface area contributed by atoms with Crippen LogP contribution in [0.1, 0.15) is 68.9 Å². The van der Waals surface area contributed by atoms with E-state index in [2.05, 4.69) is 5.32 Å². The summed E-state index contributed by atoms with van der Waals surface area (Å²) in [5.41, 5.74) is 1.71. The van der Waals surface area contributed by atoms with Crippen molar-refractivity contribution in [2.45, 2.75) is 63.7 Å². The Hall–Kier alpha value is -2.18. The van der Waals surface area contributed by atoms with Crippen LogP contribution in [0.25, 0.3) is 0 Å². The molecule has 2 aromatic carbocycles. The molecule has 1 amide bonds. The largest absolute Gasteiger partial charge is 0.481 e. The van der Waals surface area contributed by atoms with Crippen LogP contribution in [0.2, 0.25) is 10.0 Å². The van der Waals surface area contributed by atoms with Gasteiger partial charge in [0.2, 0.25) is 11.8 Å². The maximum atomic E-state index is 14.0. The quantitative estimate of drug-likeness (QED) is 0.361. The molecule has 0 aromatic heterocycles. The lowest BCUT2D eigenvalue weighted by Gasteiger charge is -2.25. The molecule has 2 N–H and O–H groups in total. The number of anilines is 1. The number of carboxylic acid groups (broad SMARTS) is 1. The lowest BCUT2D eigenvalue weighted by molar-refractivity contribution is -0.137. The van der Waals surface area contributed by atoms with Gasteiger partial charge in [0.05, 0.1) is 23.0 Å². The van der Waals surface area contributed by atoms with Crippen LogP contribution in [-0.4, -0.2) is 22.9 Å². The number of carboxylic acids is 1. The average Bonchev–Trinajstić information content (AvgIpc) is 3.13. The molecule has 1 fully saturated rings. The average molecular weight is 512 g/mol. The van der Waals surface area contributed by atoms with Gasteiger partial charge in [0.15, 0.2) is 0 Å². The van der Waals surface area contributed by atoms with Crippen LogP contribution >= 0.6 is 23.2 Å². The van der Waals surface area contributed by atoms with Gasteiger partial charge in [-0.15, -0.1) is 0 Å². The number of benzene rings is 2.